The summed E-state index contributed by atoms with van der Waals surface area (Å²) < 4.78 is 7.56. The summed E-state index contributed by atoms with van der Waals surface area (Å²) in [5.41, 5.74) is 1.00. The third kappa shape index (κ3) is 12.3. The van der Waals surface area contributed by atoms with Crippen molar-refractivity contribution >= 4 is 34.1 Å². The van der Waals surface area contributed by atoms with Crippen molar-refractivity contribution in [2.45, 2.75) is 84.8 Å². The van der Waals surface area contributed by atoms with Gasteiger partial charge in [0.15, 0.2) is 5.76 Å². The molecule has 1 aliphatic carbocycles. The zero-order valence-electron chi connectivity index (χ0n) is 25.7. The highest BCUT2D eigenvalue weighted by atomic mass is 31.0. The van der Waals surface area contributed by atoms with Crippen LogP contribution in [0.15, 0.2) is 75.7 Å². The Labute approximate surface area is 257 Å². The maximum atomic E-state index is 13.8. The van der Waals surface area contributed by atoms with Crippen LogP contribution in [0.5, 0.6) is 0 Å². The number of benzene rings is 1. The third-order valence-corrected chi connectivity index (χ3v) is 6.98. The van der Waals surface area contributed by atoms with Crippen molar-refractivity contribution in [2.75, 3.05) is 6.61 Å². The van der Waals surface area contributed by atoms with E-state index >= 15 is 0 Å². The average molecular weight is 608 g/mol. The van der Waals surface area contributed by atoms with E-state index in [0.29, 0.717) is 73.7 Å². The molecule has 0 saturated carbocycles. The second kappa shape index (κ2) is 20.3. The SMILES string of the molecule is C=NO/C(=C\CC/C=c1/nc(CCCCC(=O)O)n(C2C=CC(P)=CC2)c(=O)/c1=C/CC)COCc1ccccc1.CC. The number of aromatic nitrogens is 2. The molecule has 8 nitrogen and oxygen atoms in total. The van der Waals surface area contributed by atoms with Gasteiger partial charge in [0.05, 0.1) is 23.2 Å². The molecular formula is C34H46N3O5P. The van der Waals surface area contributed by atoms with Gasteiger partial charge in [-0.15, -0.1) is 9.24 Å². The van der Waals surface area contributed by atoms with Crippen LogP contribution in [0.2, 0.25) is 0 Å². The number of aliphatic carboxylic acids is 1. The minimum absolute atomic E-state index is 0.0682. The van der Waals surface area contributed by atoms with Crippen LogP contribution in [0, 0.1) is 0 Å². The fourth-order valence-corrected chi connectivity index (χ4v) is 4.82. The zero-order valence-corrected chi connectivity index (χ0v) is 26.9. The summed E-state index contributed by atoms with van der Waals surface area (Å²) in [4.78, 5) is 35.1. The predicted octanol–water partition coefficient (Wildman–Crippen LogP) is 5.81. The van der Waals surface area contributed by atoms with Gasteiger partial charge in [0, 0.05) is 19.6 Å². The standard InChI is InChI=1S/C32H40N3O5P.C2H6/c1-3-11-28-29(15-8-7-14-26(40-33-2)23-39-22-24-12-5-4-6-13-24)34-30(16-9-10-17-31(36)37)35(32(28)38)25-18-20-27(41)21-19-25;1-2/h4-6,11-15,18,20-21,25H,2-3,7-10,16-17,19,22-23,41H2,1H3,(H,36,37);1-2H3/b26-14-,28-11+,29-15+;. The Morgan fingerprint density at radius 1 is 1.21 bits per heavy atom. The van der Waals surface area contributed by atoms with Crippen LogP contribution >= 0.6 is 9.24 Å². The first-order chi connectivity index (χ1) is 20.9. The Balaban J connectivity index is 0.00000316. The number of oxime groups is 1. The van der Waals surface area contributed by atoms with E-state index in [0.717, 1.165) is 10.9 Å². The molecule has 1 heterocycles. The highest BCUT2D eigenvalue weighted by Gasteiger charge is 2.17. The molecule has 2 unspecified atom stereocenters. The molecule has 0 aliphatic heterocycles. The largest absolute Gasteiger partial charge is 0.481 e. The monoisotopic (exact) mass is 607 g/mol. The van der Waals surface area contributed by atoms with E-state index in [1.807, 2.05) is 81.5 Å². The highest BCUT2D eigenvalue weighted by Crippen LogP contribution is 2.24. The quantitative estimate of drug-likeness (QED) is 0.0850. The van der Waals surface area contributed by atoms with Gasteiger partial charge in [-0.05, 0) is 55.5 Å². The molecule has 43 heavy (non-hydrogen) atoms. The van der Waals surface area contributed by atoms with Gasteiger partial charge >= 0.3 is 5.97 Å². The molecule has 1 aromatic carbocycles. The van der Waals surface area contributed by atoms with Crippen LogP contribution in [0.1, 0.15) is 83.1 Å². The van der Waals surface area contributed by atoms with E-state index in [4.69, 9.17) is 19.7 Å². The van der Waals surface area contributed by atoms with Crippen LogP contribution in [0.25, 0.3) is 12.2 Å². The molecule has 1 aromatic heterocycles. The van der Waals surface area contributed by atoms with Gasteiger partial charge in [0.1, 0.15) is 12.4 Å². The van der Waals surface area contributed by atoms with E-state index in [-0.39, 0.29) is 24.6 Å². The van der Waals surface area contributed by atoms with Gasteiger partial charge in [-0.25, -0.2) is 4.98 Å². The van der Waals surface area contributed by atoms with E-state index in [1.165, 1.54) is 0 Å². The first kappa shape index (κ1) is 35.6. The molecule has 3 rings (SSSR count). The molecular weight excluding hydrogens is 561 g/mol. The van der Waals surface area contributed by atoms with Crippen molar-refractivity contribution < 1.29 is 19.5 Å². The van der Waals surface area contributed by atoms with Gasteiger partial charge in [-0.1, -0.05) is 86.6 Å². The average Bonchev–Trinajstić information content (AvgIpc) is 3.01. The first-order valence-electron chi connectivity index (χ1n) is 15.0. The number of hydrogen-bond acceptors (Lipinski definition) is 6. The number of nitrogens with zero attached hydrogens (tertiary/aromatic N) is 3. The lowest BCUT2D eigenvalue weighted by Gasteiger charge is -2.21. The molecule has 0 bridgehead atoms. The first-order valence-corrected chi connectivity index (χ1v) is 15.6. The molecule has 0 fully saturated rings. The van der Waals surface area contributed by atoms with Crippen molar-refractivity contribution in [1.29, 1.82) is 0 Å². The van der Waals surface area contributed by atoms with Crippen molar-refractivity contribution in [3.05, 3.63) is 98.0 Å². The summed E-state index contributed by atoms with van der Waals surface area (Å²) in [5.74, 6) is 0.428. The lowest BCUT2D eigenvalue weighted by molar-refractivity contribution is -0.137. The van der Waals surface area contributed by atoms with Gasteiger partial charge in [0.25, 0.3) is 5.56 Å². The smallest absolute Gasteiger partial charge is 0.303 e. The Morgan fingerprint density at radius 3 is 2.63 bits per heavy atom. The summed E-state index contributed by atoms with van der Waals surface area (Å²) >= 11 is 0. The van der Waals surface area contributed by atoms with Crippen LogP contribution in [0.3, 0.4) is 0 Å². The molecule has 0 amide bonds. The van der Waals surface area contributed by atoms with E-state index in [1.54, 1.807) is 4.57 Å². The van der Waals surface area contributed by atoms with E-state index in [9.17, 15) is 9.59 Å². The summed E-state index contributed by atoms with van der Waals surface area (Å²) in [7, 11) is 2.69. The van der Waals surface area contributed by atoms with Gasteiger partial charge < -0.3 is 14.7 Å². The molecule has 0 spiro atoms. The van der Waals surface area contributed by atoms with Gasteiger partial charge in [0.2, 0.25) is 0 Å². The van der Waals surface area contributed by atoms with Crippen LogP contribution < -0.4 is 16.1 Å². The second-order valence-corrected chi connectivity index (χ2v) is 10.4. The molecule has 2 atom stereocenters. The topological polar surface area (TPSA) is 103 Å². The summed E-state index contributed by atoms with van der Waals surface area (Å²) in [6.07, 6.45) is 16.4. The van der Waals surface area contributed by atoms with Gasteiger partial charge in [-0.3, -0.25) is 14.2 Å². The summed E-state index contributed by atoms with van der Waals surface area (Å²) in [6.45, 7) is 10.1. The van der Waals surface area contributed by atoms with Gasteiger partial charge in [-0.2, -0.15) is 0 Å². The fraction of sp³-hybridized carbons (Fsp3) is 0.412. The Hall–Kier alpha value is -3.61. The highest BCUT2D eigenvalue weighted by molar-refractivity contribution is 7.22. The number of aryl methyl sites for hydroxylation is 1. The maximum Gasteiger partial charge on any atom is 0.303 e. The predicted molar refractivity (Wildman–Crippen MR) is 178 cm³/mol. The van der Waals surface area contributed by atoms with Crippen LogP contribution in [-0.4, -0.2) is 34.0 Å². The number of unbranched alkanes of at least 4 members (excludes halogenated alkanes) is 2. The van der Waals surface area contributed by atoms with Crippen LogP contribution in [0.4, 0.5) is 0 Å². The Bertz CT molecular complexity index is 1440. The third-order valence-electron chi connectivity index (χ3n) is 6.55. The minimum Gasteiger partial charge on any atom is -0.481 e. The number of rotatable bonds is 16. The van der Waals surface area contributed by atoms with E-state index < -0.39 is 5.97 Å². The fourth-order valence-electron chi connectivity index (χ4n) is 4.57. The van der Waals surface area contributed by atoms with Crippen molar-refractivity contribution in [2.24, 2.45) is 5.16 Å². The number of allylic oxidation sites excluding steroid dienone is 5. The number of hydrogen-bond donors (Lipinski definition) is 1. The molecule has 0 saturated heterocycles. The molecule has 2 aromatic rings. The van der Waals surface area contributed by atoms with Crippen molar-refractivity contribution in [3.8, 4) is 0 Å². The van der Waals surface area contributed by atoms with Crippen molar-refractivity contribution in [1.82, 2.24) is 9.55 Å². The normalized spacial score (nSPS) is 15.5. The maximum absolute atomic E-state index is 13.8. The van der Waals surface area contributed by atoms with Crippen molar-refractivity contribution in [3.63, 3.8) is 0 Å². The summed E-state index contributed by atoms with van der Waals surface area (Å²) in [6, 6.07) is 9.76. The Kier molecular flexibility index (Phi) is 16.8. The lowest BCUT2D eigenvalue weighted by atomic mass is 10.1. The molecule has 0 radical (unpaired) electrons. The van der Waals surface area contributed by atoms with Crippen LogP contribution in [-0.2, 0) is 27.4 Å². The lowest BCUT2D eigenvalue weighted by Crippen LogP contribution is -2.49. The summed E-state index contributed by atoms with van der Waals surface area (Å²) in [5, 5.41) is 14.9. The number of carboxylic acid groups (broad SMARTS) is 1. The molecule has 1 aliphatic rings. The molecule has 232 valence electrons. The Morgan fingerprint density at radius 2 is 1.98 bits per heavy atom. The second-order valence-electron chi connectivity index (χ2n) is 9.73. The number of carbonyl (C=O) groups is 1. The number of ether oxygens (including phenoxy) is 1. The number of carboxylic acids is 1. The minimum atomic E-state index is -0.820. The molecule has 1 N–H and O–H groups in total. The zero-order chi connectivity index (χ0) is 31.5. The molecule has 9 heteroatoms. The van der Waals surface area contributed by atoms with E-state index in [2.05, 4.69) is 27.2 Å².